The van der Waals surface area contributed by atoms with Gasteiger partial charge in [-0.05, 0) is 52.4 Å². The van der Waals surface area contributed by atoms with Crippen LogP contribution in [0.3, 0.4) is 0 Å². The quantitative estimate of drug-likeness (QED) is 0.557. The molecular weight excluding hydrogens is 391 g/mol. The molecule has 1 aromatic heterocycles. The van der Waals surface area contributed by atoms with Crippen LogP contribution in [-0.4, -0.2) is 55.5 Å². The molecule has 0 amide bonds. The molecular formula is C20H35N4O4P. The number of hydrogen-bond acceptors (Lipinski definition) is 8. The molecule has 1 aliphatic carbocycles. The number of anilines is 2. The minimum atomic E-state index is -3.26. The number of rotatable bonds is 10. The molecule has 0 aromatic carbocycles. The number of methoxy groups -OCH3 is 1. The summed E-state index contributed by atoms with van der Waals surface area (Å²) >= 11 is 0. The molecule has 8 nitrogen and oxygen atoms in total. The van der Waals surface area contributed by atoms with Crippen molar-refractivity contribution in [2.75, 3.05) is 43.6 Å². The average molecular weight is 426 g/mol. The van der Waals surface area contributed by atoms with E-state index in [2.05, 4.69) is 15.2 Å². The van der Waals surface area contributed by atoms with Gasteiger partial charge in [0.25, 0.3) is 0 Å². The Morgan fingerprint density at radius 1 is 1.10 bits per heavy atom. The molecule has 0 bridgehead atoms. The van der Waals surface area contributed by atoms with Crippen LogP contribution in [0.15, 0.2) is 6.07 Å². The van der Waals surface area contributed by atoms with Gasteiger partial charge in [-0.2, -0.15) is 0 Å². The van der Waals surface area contributed by atoms with Crippen molar-refractivity contribution in [2.45, 2.75) is 70.7 Å². The molecule has 0 radical (unpaired) electrons. The van der Waals surface area contributed by atoms with Crippen molar-refractivity contribution in [3.8, 4) is 0 Å². The van der Waals surface area contributed by atoms with Gasteiger partial charge in [0.2, 0.25) is 0 Å². The summed E-state index contributed by atoms with van der Waals surface area (Å²) in [5.74, 6) is 2.19. The maximum atomic E-state index is 13.0. The minimum absolute atomic E-state index is 0.0848. The summed E-state index contributed by atoms with van der Waals surface area (Å²) in [5.41, 5.74) is 0. The predicted molar refractivity (Wildman–Crippen MR) is 115 cm³/mol. The summed E-state index contributed by atoms with van der Waals surface area (Å²) < 4.78 is 29.4. The normalized spacial score (nSPS) is 22.8. The molecule has 1 N–H and O–H groups in total. The van der Waals surface area contributed by atoms with Gasteiger partial charge in [0.05, 0.1) is 19.3 Å². The van der Waals surface area contributed by atoms with E-state index in [1.807, 2.05) is 19.9 Å². The number of ether oxygens (including phenoxy) is 1. The second kappa shape index (κ2) is 10.7. The zero-order chi connectivity index (χ0) is 20.7. The smallest absolute Gasteiger partial charge is 0.338 e. The van der Waals surface area contributed by atoms with E-state index < -0.39 is 7.60 Å². The van der Waals surface area contributed by atoms with Gasteiger partial charge >= 0.3 is 7.60 Å². The Bertz CT molecular complexity index is 681. The lowest BCUT2D eigenvalue weighted by Gasteiger charge is -2.29. The van der Waals surface area contributed by atoms with Crippen molar-refractivity contribution in [1.29, 1.82) is 0 Å². The van der Waals surface area contributed by atoms with Crippen LogP contribution >= 0.6 is 7.60 Å². The largest absolute Gasteiger partial charge is 0.381 e. The van der Waals surface area contributed by atoms with Gasteiger partial charge in [0.1, 0.15) is 23.6 Å². The lowest BCUT2D eigenvalue weighted by molar-refractivity contribution is 0.0681. The summed E-state index contributed by atoms with van der Waals surface area (Å²) in [7, 11) is -1.47. The molecule has 1 saturated carbocycles. The van der Waals surface area contributed by atoms with Crippen molar-refractivity contribution >= 4 is 19.2 Å². The third kappa shape index (κ3) is 6.38. The third-order valence-corrected chi connectivity index (χ3v) is 7.51. The fraction of sp³-hybridized carbons (Fsp3) is 0.800. The average Bonchev–Trinajstić information content (AvgIpc) is 3.23. The molecule has 1 saturated heterocycles. The molecule has 9 heteroatoms. The Morgan fingerprint density at radius 3 is 2.34 bits per heavy atom. The maximum absolute atomic E-state index is 13.0. The van der Waals surface area contributed by atoms with Gasteiger partial charge in [0, 0.05) is 32.3 Å². The Kier molecular flexibility index (Phi) is 8.30. The van der Waals surface area contributed by atoms with Crippen molar-refractivity contribution in [1.82, 2.24) is 9.97 Å². The summed E-state index contributed by atoms with van der Waals surface area (Å²) in [6.07, 6.45) is 6.97. The molecule has 2 fully saturated rings. The van der Waals surface area contributed by atoms with Gasteiger partial charge < -0.3 is 24.0 Å². The van der Waals surface area contributed by atoms with Crippen LogP contribution in [0.2, 0.25) is 0 Å². The predicted octanol–water partition coefficient (Wildman–Crippen LogP) is 4.21. The maximum Gasteiger partial charge on any atom is 0.338 e. The van der Waals surface area contributed by atoms with Gasteiger partial charge in [-0.15, -0.1) is 0 Å². The van der Waals surface area contributed by atoms with Crippen molar-refractivity contribution in [3.63, 3.8) is 0 Å². The monoisotopic (exact) mass is 426 g/mol. The van der Waals surface area contributed by atoms with Crippen molar-refractivity contribution in [3.05, 3.63) is 11.9 Å². The number of nitrogens with one attached hydrogen (secondary N) is 1. The highest BCUT2D eigenvalue weighted by Crippen LogP contribution is 2.50. The number of aromatic nitrogens is 2. The molecule has 29 heavy (non-hydrogen) atoms. The molecule has 0 spiro atoms. The number of hydrogen-bond donors (Lipinski definition) is 1. The third-order valence-electron chi connectivity index (χ3n) is 5.54. The SMILES string of the molecule is CCOP(=O)(Cc1nc(NC2CCC(OC)CC2)cc(N2CCCC2)n1)OCC. The molecule has 164 valence electrons. The zero-order valence-electron chi connectivity index (χ0n) is 17.9. The fourth-order valence-corrected chi connectivity index (χ4v) is 5.61. The first kappa shape index (κ1) is 22.5. The summed E-state index contributed by atoms with van der Waals surface area (Å²) in [6.45, 7) is 6.27. The molecule has 2 heterocycles. The fourth-order valence-electron chi connectivity index (χ4n) is 4.08. The zero-order valence-corrected chi connectivity index (χ0v) is 18.8. The van der Waals surface area contributed by atoms with Crippen LogP contribution in [0.5, 0.6) is 0 Å². The van der Waals surface area contributed by atoms with Crippen LogP contribution in [0.1, 0.15) is 58.2 Å². The van der Waals surface area contributed by atoms with Gasteiger partial charge in [-0.1, -0.05) is 0 Å². The lowest BCUT2D eigenvalue weighted by Crippen LogP contribution is -2.30. The highest BCUT2D eigenvalue weighted by atomic mass is 31.2. The Morgan fingerprint density at radius 2 is 1.76 bits per heavy atom. The van der Waals surface area contributed by atoms with E-state index in [4.69, 9.17) is 18.8 Å². The van der Waals surface area contributed by atoms with Crippen molar-refractivity contribution < 1.29 is 18.3 Å². The van der Waals surface area contributed by atoms with Crippen LogP contribution in [0.25, 0.3) is 0 Å². The van der Waals surface area contributed by atoms with Gasteiger partial charge in [-0.25, -0.2) is 9.97 Å². The standard InChI is InChI=1S/C20H35N4O4P/c1-4-27-29(25,28-5-2)15-19-22-18(14-20(23-19)24-12-6-7-13-24)21-16-8-10-17(26-3)11-9-16/h14,16-17H,4-13,15H2,1-3H3,(H,21,22,23). The molecule has 2 aliphatic rings. The molecule has 3 rings (SSSR count). The van der Waals surface area contributed by atoms with Gasteiger partial charge in [0.15, 0.2) is 0 Å². The van der Waals surface area contributed by atoms with Crippen LogP contribution < -0.4 is 10.2 Å². The molecule has 0 atom stereocenters. The van der Waals surface area contributed by atoms with Crippen molar-refractivity contribution in [2.24, 2.45) is 0 Å². The van der Waals surface area contributed by atoms with Crippen LogP contribution in [0.4, 0.5) is 11.6 Å². The first-order valence-corrected chi connectivity index (χ1v) is 12.6. The molecule has 1 aromatic rings. The second-order valence-corrected chi connectivity index (χ2v) is 9.73. The minimum Gasteiger partial charge on any atom is -0.381 e. The summed E-state index contributed by atoms with van der Waals surface area (Å²) in [6, 6.07) is 2.38. The Balaban J connectivity index is 1.79. The topological polar surface area (TPSA) is 85.8 Å². The highest BCUT2D eigenvalue weighted by Gasteiger charge is 2.28. The van der Waals surface area contributed by atoms with E-state index in [0.717, 1.165) is 50.4 Å². The molecule has 1 aliphatic heterocycles. The van der Waals surface area contributed by atoms with E-state index in [1.165, 1.54) is 12.8 Å². The summed E-state index contributed by atoms with van der Waals surface area (Å²) in [5, 5.41) is 3.57. The molecule has 0 unspecified atom stereocenters. The van der Waals surface area contributed by atoms with Crippen LogP contribution in [0, 0.1) is 0 Å². The second-order valence-electron chi connectivity index (χ2n) is 7.68. The summed E-state index contributed by atoms with van der Waals surface area (Å²) in [4.78, 5) is 11.6. The van der Waals surface area contributed by atoms with Crippen LogP contribution in [-0.2, 0) is 24.5 Å². The van der Waals surface area contributed by atoms with E-state index in [1.54, 1.807) is 7.11 Å². The first-order chi connectivity index (χ1) is 14.0. The van der Waals surface area contributed by atoms with E-state index in [9.17, 15) is 4.57 Å². The van der Waals surface area contributed by atoms with E-state index in [-0.39, 0.29) is 6.16 Å². The highest BCUT2D eigenvalue weighted by molar-refractivity contribution is 7.53. The lowest BCUT2D eigenvalue weighted by atomic mass is 9.93. The van der Waals surface area contributed by atoms with Gasteiger partial charge in [-0.3, -0.25) is 4.57 Å². The van der Waals surface area contributed by atoms with E-state index >= 15 is 0 Å². The van der Waals surface area contributed by atoms with E-state index in [0.29, 0.717) is 31.2 Å². The first-order valence-electron chi connectivity index (χ1n) is 10.9. The number of nitrogens with zero attached hydrogens (tertiary/aromatic N) is 3. The Hall–Kier alpha value is -1.21. The Labute approximate surface area is 174 Å².